The molecular weight excluding hydrogens is 695 g/mol. The van der Waals surface area contributed by atoms with E-state index in [2.05, 4.69) is 136 Å². The van der Waals surface area contributed by atoms with Crippen LogP contribution in [0.15, 0.2) is 109 Å². The zero-order valence-corrected chi connectivity index (χ0v) is 32.5. The standard InChI is InChI=1S/2C20H19.C2H6Si.2ClH.Zr/c2*1-14-12-16-8-5-11-19(20(16)13-14)18-10-4-7-15-6-2-3-9-17(15)18;1-3-2;;;/h2*2-4,6-7,9-10,12-13,19H,5,8,11H2,1H3;1-2H3;2*1H;/q2*-1;;;;+4/p-2. The number of fused-ring (bicyclic) bond motifs is 4. The molecule has 0 amide bonds. The molecule has 6 aromatic carbocycles. The van der Waals surface area contributed by atoms with Gasteiger partial charge in [0.1, 0.15) is 0 Å². The van der Waals surface area contributed by atoms with Crippen molar-refractivity contribution >= 4 is 48.1 Å². The van der Waals surface area contributed by atoms with Crippen molar-refractivity contribution in [1.82, 2.24) is 0 Å². The molecule has 2 radical (unpaired) electrons. The number of hydrogen-bond acceptors (Lipinski definition) is 0. The Morgan fingerprint density at radius 2 is 0.957 bits per heavy atom. The van der Waals surface area contributed by atoms with Gasteiger partial charge in [-0.25, -0.2) is 12.1 Å². The first-order valence-corrected chi connectivity index (χ1v) is 24.8. The predicted octanol–water partition coefficient (Wildman–Crippen LogP) is 12.8. The molecule has 0 spiro atoms. The fourth-order valence-electron chi connectivity index (χ4n) is 7.62. The minimum atomic E-state index is -0.826. The second-order valence-corrected chi connectivity index (χ2v) is 17.4. The van der Waals surface area contributed by atoms with Crippen molar-refractivity contribution in [3.8, 4) is 0 Å². The third-order valence-corrected chi connectivity index (χ3v) is 9.34. The van der Waals surface area contributed by atoms with Crippen molar-refractivity contribution in [3.05, 3.63) is 154 Å². The summed E-state index contributed by atoms with van der Waals surface area (Å²) >= 11 is -0.826. The van der Waals surface area contributed by atoms with Crippen molar-refractivity contribution in [2.45, 2.75) is 77.3 Å². The monoisotopic (exact) mass is 736 g/mol. The van der Waals surface area contributed by atoms with Gasteiger partial charge in [0.15, 0.2) is 0 Å². The number of rotatable bonds is 2. The van der Waals surface area contributed by atoms with Gasteiger partial charge in [0.05, 0.1) is 0 Å². The van der Waals surface area contributed by atoms with Gasteiger partial charge in [-0.2, -0.15) is 45.5 Å². The van der Waals surface area contributed by atoms with Crippen LogP contribution in [-0.4, -0.2) is 9.52 Å². The maximum atomic E-state index is 4.93. The van der Waals surface area contributed by atoms with Crippen molar-refractivity contribution in [2.24, 2.45) is 0 Å². The zero-order valence-electron chi connectivity index (χ0n) is 27.5. The number of aryl methyl sites for hydroxylation is 4. The summed E-state index contributed by atoms with van der Waals surface area (Å²) in [6.45, 7) is 8.75. The molecule has 0 saturated heterocycles. The summed E-state index contributed by atoms with van der Waals surface area (Å²) < 4.78 is 0. The number of halogens is 2. The molecule has 6 aromatic rings. The number of benzene rings is 4. The average Bonchev–Trinajstić information content (AvgIpc) is 3.66. The van der Waals surface area contributed by atoms with Crippen molar-refractivity contribution in [2.75, 3.05) is 0 Å². The normalized spacial score (nSPS) is 16.4. The Hall–Kier alpha value is -2.22. The summed E-state index contributed by atoms with van der Waals surface area (Å²) in [5, 5.41) is 5.57. The molecule has 0 nitrogen and oxygen atoms in total. The molecular formula is C42H44Cl2SiZr. The summed E-state index contributed by atoms with van der Waals surface area (Å²) in [4.78, 5) is 0. The van der Waals surface area contributed by atoms with E-state index in [4.69, 9.17) is 17.0 Å². The van der Waals surface area contributed by atoms with Crippen LogP contribution in [0.3, 0.4) is 0 Å². The predicted molar refractivity (Wildman–Crippen MR) is 200 cm³/mol. The van der Waals surface area contributed by atoms with E-state index in [1.807, 2.05) is 0 Å². The Morgan fingerprint density at radius 1 is 0.587 bits per heavy atom. The molecule has 0 heterocycles. The van der Waals surface area contributed by atoms with Gasteiger partial charge in [-0.1, -0.05) is 150 Å². The van der Waals surface area contributed by atoms with Crippen LogP contribution in [-0.2, 0) is 33.7 Å². The van der Waals surface area contributed by atoms with Crippen molar-refractivity contribution < 1.29 is 20.8 Å². The number of hydrogen-bond donors (Lipinski definition) is 0. The molecule has 46 heavy (non-hydrogen) atoms. The first kappa shape index (κ1) is 35.1. The zero-order chi connectivity index (χ0) is 32.5. The Balaban J connectivity index is 0.000000155. The topological polar surface area (TPSA) is 0 Å². The molecule has 2 aliphatic rings. The Kier molecular flexibility index (Phi) is 13.2. The molecule has 0 saturated carbocycles. The van der Waals surface area contributed by atoms with Crippen LogP contribution in [0.25, 0.3) is 21.5 Å². The molecule has 2 unspecified atom stereocenters. The summed E-state index contributed by atoms with van der Waals surface area (Å²) in [6.07, 6.45) is 7.69. The van der Waals surface area contributed by atoms with Gasteiger partial charge >= 0.3 is 37.9 Å². The van der Waals surface area contributed by atoms with Crippen LogP contribution in [0.1, 0.15) is 82.0 Å². The first-order chi connectivity index (χ1) is 22.5. The van der Waals surface area contributed by atoms with Crippen LogP contribution in [0.5, 0.6) is 0 Å². The van der Waals surface area contributed by atoms with Gasteiger partial charge in [0.25, 0.3) is 0 Å². The van der Waals surface area contributed by atoms with Crippen LogP contribution in [0.2, 0.25) is 13.1 Å². The third-order valence-electron chi connectivity index (χ3n) is 9.34. The van der Waals surface area contributed by atoms with Gasteiger partial charge in [-0.3, -0.25) is 0 Å². The molecule has 0 bridgehead atoms. The van der Waals surface area contributed by atoms with E-state index in [1.54, 1.807) is 22.3 Å². The molecule has 4 heteroatoms. The van der Waals surface area contributed by atoms with E-state index in [1.165, 1.54) is 82.3 Å². The molecule has 234 valence electrons. The summed E-state index contributed by atoms with van der Waals surface area (Å²) in [6, 6.07) is 40.6. The van der Waals surface area contributed by atoms with Gasteiger partial charge in [-0.05, 0) is 44.5 Å². The van der Waals surface area contributed by atoms with E-state index in [-0.39, 0.29) is 0 Å². The molecule has 2 atom stereocenters. The fourth-order valence-corrected chi connectivity index (χ4v) is 7.62. The van der Waals surface area contributed by atoms with Crippen molar-refractivity contribution in [3.63, 3.8) is 0 Å². The van der Waals surface area contributed by atoms with Gasteiger partial charge in [0, 0.05) is 9.52 Å². The molecule has 0 aromatic heterocycles. The van der Waals surface area contributed by atoms with E-state index < -0.39 is 20.8 Å². The van der Waals surface area contributed by atoms with E-state index in [0.29, 0.717) is 11.8 Å². The van der Waals surface area contributed by atoms with E-state index >= 15 is 0 Å². The summed E-state index contributed by atoms with van der Waals surface area (Å²) in [5.41, 5.74) is 12.2. The minimum absolute atomic E-state index is 0.582. The summed E-state index contributed by atoms with van der Waals surface area (Å²) in [7, 11) is 11.0. The Bertz CT molecular complexity index is 1700. The first-order valence-electron chi connectivity index (χ1n) is 16.5. The van der Waals surface area contributed by atoms with Gasteiger partial charge in [0.2, 0.25) is 0 Å². The SMILES string of the molecule is C[Si]C.Cc1cc2c([cH-]1)CCCC2c1cccc2ccccc12.Cc1cc2c([cH-]1)CCCC2c1cccc2ccccc12.[Cl][Zr+2][Cl]. The van der Waals surface area contributed by atoms with Crippen LogP contribution in [0.4, 0.5) is 0 Å². The second-order valence-electron chi connectivity index (χ2n) is 12.6. The molecule has 0 N–H and O–H groups in total. The third kappa shape index (κ3) is 8.25. The van der Waals surface area contributed by atoms with Crippen LogP contribution >= 0.6 is 17.0 Å². The fraction of sp³-hybridized carbons (Fsp3) is 0.286. The van der Waals surface area contributed by atoms with Gasteiger partial charge < -0.3 is 0 Å². The maximum absolute atomic E-state index is 4.93. The Morgan fingerprint density at radius 3 is 1.37 bits per heavy atom. The second kappa shape index (κ2) is 17.3. The van der Waals surface area contributed by atoms with Crippen LogP contribution < -0.4 is 0 Å². The molecule has 0 fully saturated rings. The summed E-state index contributed by atoms with van der Waals surface area (Å²) in [5.74, 6) is 1.16. The van der Waals surface area contributed by atoms with Crippen LogP contribution in [0, 0.1) is 13.8 Å². The van der Waals surface area contributed by atoms with E-state index in [0.717, 1.165) is 9.52 Å². The quantitative estimate of drug-likeness (QED) is 0.123. The average molecular weight is 739 g/mol. The Labute approximate surface area is 297 Å². The molecule has 8 rings (SSSR count). The van der Waals surface area contributed by atoms with Crippen molar-refractivity contribution in [1.29, 1.82) is 0 Å². The van der Waals surface area contributed by atoms with E-state index in [9.17, 15) is 0 Å². The molecule has 0 aliphatic heterocycles. The van der Waals surface area contributed by atoms with Gasteiger partial charge in [-0.15, -0.1) is 0 Å². The molecule has 2 aliphatic carbocycles.